The maximum atomic E-state index is 7.32. The van der Waals surface area contributed by atoms with Gasteiger partial charge in [0.25, 0.3) is 0 Å². The van der Waals surface area contributed by atoms with Gasteiger partial charge in [0.2, 0.25) is 0 Å². The maximum Gasteiger partial charge on any atom is 0.0752 e. The molecule has 5 nitrogen and oxygen atoms in total. The second-order valence-electron chi connectivity index (χ2n) is 17.6. The molecule has 67 heavy (non-hydrogen) atoms. The lowest BCUT2D eigenvalue weighted by atomic mass is 9.71. The Hall–Kier alpha value is -5.35. The van der Waals surface area contributed by atoms with Crippen LogP contribution in [0.15, 0.2) is 170 Å². The zero-order chi connectivity index (χ0) is 46.7. The van der Waals surface area contributed by atoms with E-state index in [0.29, 0.717) is 23.5 Å². The summed E-state index contributed by atoms with van der Waals surface area (Å²) in [6.45, 7) is 1.43. The molecule has 5 heterocycles. The third-order valence-corrected chi connectivity index (χ3v) is 15.3. The number of H-pyrrole nitrogens is 4. The number of hydrogen-bond donors (Lipinski definition) is 4. The molecular formula is C58H59Cl4N5. The first-order valence-electron chi connectivity index (χ1n) is 23.5. The van der Waals surface area contributed by atoms with Crippen molar-refractivity contribution in [3.8, 4) is 6.07 Å². The highest BCUT2D eigenvalue weighted by atomic mass is 35.5. The van der Waals surface area contributed by atoms with Crippen LogP contribution in [0.2, 0.25) is 0 Å². The number of hydrogen-bond acceptors (Lipinski definition) is 1. The molecule has 0 unspecified atom stereocenters. The average Bonchev–Trinajstić information content (AvgIpc) is 4.25. The van der Waals surface area contributed by atoms with Crippen LogP contribution in [0, 0.1) is 11.3 Å². The average molecular weight is 968 g/mol. The van der Waals surface area contributed by atoms with Crippen molar-refractivity contribution in [2.24, 2.45) is 0 Å². The lowest BCUT2D eigenvalue weighted by Crippen LogP contribution is -2.35. The molecule has 0 saturated carbocycles. The minimum atomic E-state index is -0.612. The van der Waals surface area contributed by atoms with Gasteiger partial charge in [0, 0.05) is 76.0 Å². The van der Waals surface area contributed by atoms with Gasteiger partial charge in [-0.1, -0.05) is 121 Å². The van der Waals surface area contributed by atoms with E-state index < -0.39 is 21.7 Å². The van der Waals surface area contributed by atoms with Crippen LogP contribution in [0.4, 0.5) is 0 Å². The number of rotatable bonds is 16. The standard InChI is InChI=1S/C56H56Cl4N4.C2H3N/c57-37-13-33-53(41-17-5-1-6-18-41)45-25-27-47(61-45)54(34-14-38-58,42-19-7-2-8-20-42)49-29-31-51(63-49)56(36-16-40-60,44-23-11-4-12-24-44)52-32-30-50(64-52)55(35-15-39-59,43-21-9-3-10-22-43)48-28-26-46(53)62-48;1-2-3/h1-12,17-32,61-64H,13-16,33-40H2;1H3. The summed E-state index contributed by atoms with van der Waals surface area (Å²) in [5, 5.41) is 7.32. The van der Waals surface area contributed by atoms with E-state index in [9.17, 15) is 0 Å². The van der Waals surface area contributed by atoms with E-state index in [1.165, 1.54) is 29.2 Å². The quantitative estimate of drug-likeness (QED) is 0.0715. The van der Waals surface area contributed by atoms with Crippen molar-refractivity contribution in [1.82, 2.24) is 19.9 Å². The van der Waals surface area contributed by atoms with E-state index in [2.05, 4.69) is 190 Å². The van der Waals surface area contributed by atoms with Gasteiger partial charge in [-0.25, -0.2) is 0 Å². The normalized spacial score (nSPS) is 21.0. The SMILES string of the molecule is CC#N.ClCCCC1(c2ccccc2)c2ccc([nH]2)C(CCCCl)(c2ccccc2)c2ccc([nH]2)C(CCCCl)(c2ccccc2)c2ccc([nH]2)C(CCCCl)(c2ccccc2)c2ccc1[nH]2. The number of benzene rings is 4. The molecule has 9 heteroatoms. The molecule has 9 rings (SSSR count). The van der Waals surface area contributed by atoms with Crippen molar-refractivity contribution in [3.63, 3.8) is 0 Å². The van der Waals surface area contributed by atoms with Crippen LogP contribution in [0.25, 0.3) is 0 Å². The molecule has 4 N–H and O–H groups in total. The first kappa shape index (κ1) is 48.1. The Kier molecular flexibility index (Phi) is 15.6. The number of nitrogens with one attached hydrogen (secondary N) is 4. The van der Waals surface area contributed by atoms with E-state index in [0.717, 1.165) is 96.9 Å². The third kappa shape index (κ3) is 8.72. The van der Waals surface area contributed by atoms with Crippen molar-refractivity contribution < 1.29 is 0 Å². The van der Waals surface area contributed by atoms with Gasteiger partial charge in [0.15, 0.2) is 0 Å². The Morgan fingerprint density at radius 1 is 0.328 bits per heavy atom. The Morgan fingerprint density at radius 3 is 0.642 bits per heavy atom. The van der Waals surface area contributed by atoms with Crippen LogP contribution in [0.1, 0.15) is 126 Å². The maximum absolute atomic E-state index is 7.32. The third-order valence-electron chi connectivity index (χ3n) is 14.2. The summed E-state index contributed by atoms with van der Waals surface area (Å²) < 4.78 is 0. The molecule has 0 amide bonds. The molecule has 8 bridgehead atoms. The molecule has 0 spiro atoms. The van der Waals surface area contributed by atoms with Crippen LogP contribution in [0.3, 0.4) is 0 Å². The summed E-state index contributed by atoms with van der Waals surface area (Å²) in [5.41, 5.74) is 11.1. The molecule has 4 aromatic heterocycles. The highest BCUT2D eigenvalue weighted by Gasteiger charge is 2.47. The van der Waals surface area contributed by atoms with Crippen molar-refractivity contribution >= 4 is 46.4 Å². The second-order valence-corrected chi connectivity index (χ2v) is 19.1. The Balaban J connectivity index is 0.00000198. The summed E-state index contributed by atoms with van der Waals surface area (Å²) in [5.74, 6) is 2.14. The van der Waals surface area contributed by atoms with Crippen molar-refractivity contribution in [2.45, 2.75) is 80.0 Å². The molecule has 4 aromatic carbocycles. The molecule has 0 saturated heterocycles. The van der Waals surface area contributed by atoms with Crippen LogP contribution in [-0.2, 0) is 21.7 Å². The Morgan fingerprint density at radius 2 is 0.493 bits per heavy atom. The van der Waals surface area contributed by atoms with Crippen LogP contribution < -0.4 is 0 Å². The smallest absolute Gasteiger partial charge is 0.0752 e. The van der Waals surface area contributed by atoms with Crippen molar-refractivity contribution in [1.29, 1.82) is 5.26 Å². The largest absolute Gasteiger partial charge is 0.360 e. The highest BCUT2D eigenvalue weighted by molar-refractivity contribution is 6.18. The predicted molar refractivity (Wildman–Crippen MR) is 280 cm³/mol. The van der Waals surface area contributed by atoms with Gasteiger partial charge < -0.3 is 19.9 Å². The number of alkyl halides is 4. The number of aromatic amines is 4. The van der Waals surface area contributed by atoms with E-state index in [-0.39, 0.29) is 0 Å². The summed E-state index contributed by atoms with van der Waals surface area (Å²) in [7, 11) is 0. The molecule has 344 valence electrons. The van der Waals surface area contributed by atoms with E-state index in [4.69, 9.17) is 51.7 Å². The van der Waals surface area contributed by atoms with E-state index in [1.54, 1.807) is 6.07 Å². The Bertz CT molecular complexity index is 2350. The van der Waals surface area contributed by atoms with Gasteiger partial charge in [0.1, 0.15) is 0 Å². The summed E-state index contributed by atoms with van der Waals surface area (Å²) in [6, 6.07) is 64.0. The molecular weight excluding hydrogens is 908 g/mol. The summed E-state index contributed by atoms with van der Waals surface area (Å²) in [4.78, 5) is 16.8. The van der Waals surface area contributed by atoms with Gasteiger partial charge in [-0.15, -0.1) is 46.4 Å². The number of nitrogens with zero attached hydrogens (tertiary/aromatic N) is 1. The van der Waals surface area contributed by atoms with Crippen molar-refractivity contribution in [2.75, 3.05) is 23.5 Å². The fourth-order valence-corrected chi connectivity index (χ4v) is 11.8. The summed E-state index contributed by atoms with van der Waals surface area (Å²) >= 11 is 26.8. The van der Waals surface area contributed by atoms with Gasteiger partial charge in [-0.3, -0.25) is 0 Å². The lowest BCUT2D eigenvalue weighted by molar-refractivity contribution is 0.484. The first-order chi connectivity index (χ1) is 32.9. The topological polar surface area (TPSA) is 86.9 Å². The van der Waals surface area contributed by atoms with Crippen LogP contribution in [-0.4, -0.2) is 43.5 Å². The van der Waals surface area contributed by atoms with Gasteiger partial charge in [-0.2, -0.15) is 5.26 Å². The Labute approximate surface area is 416 Å². The molecule has 0 aliphatic carbocycles. The van der Waals surface area contributed by atoms with Crippen molar-refractivity contribution in [3.05, 3.63) is 238 Å². The van der Waals surface area contributed by atoms with Gasteiger partial charge in [0.05, 0.1) is 27.7 Å². The molecule has 1 aliphatic heterocycles. The van der Waals surface area contributed by atoms with Crippen LogP contribution in [0.5, 0.6) is 0 Å². The fourth-order valence-electron chi connectivity index (χ4n) is 11.3. The second kappa shape index (κ2) is 21.7. The molecule has 0 atom stereocenters. The monoisotopic (exact) mass is 965 g/mol. The first-order valence-corrected chi connectivity index (χ1v) is 25.6. The van der Waals surface area contributed by atoms with Gasteiger partial charge >= 0.3 is 0 Å². The number of aromatic nitrogens is 4. The minimum absolute atomic E-state index is 0.534. The minimum Gasteiger partial charge on any atom is -0.360 e. The number of nitriles is 1. The summed E-state index contributed by atoms with van der Waals surface area (Å²) in [6.07, 6.45) is 6.31. The molecule has 8 aromatic rings. The number of halogens is 4. The molecule has 1 aliphatic rings. The fraction of sp³-hybridized carbons (Fsp3) is 0.293. The van der Waals surface area contributed by atoms with E-state index >= 15 is 0 Å². The lowest BCUT2D eigenvalue weighted by Gasteiger charge is -2.38. The van der Waals surface area contributed by atoms with Crippen LogP contribution >= 0.6 is 46.4 Å². The molecule has 0 radical (unpaired) electrons. The highest BCUT2D eigenvalue weighted by Crippen LogP contribution is 2.52. The number of fused-ring (bicyclic) bond motifs is 8. The predicted octanol–water partition coefficient (Wildman–Crippen LogP) is 15.3. The zero-order valence-corrected chi connectivity index (χ0v) is 41.1. The molecule has 0 fully saturated rings. The van der Waals surface area contributed by atoms with E-state index in [1.807, 2.05) is 0 Å². The van der Waals surface area contributed by atoms with Gasteiger partial charge in [-0.05, 0) is 122 Å². The zero-order valence-electron chi connectivity index (χ0n) is 38.1.